The Kier molecular flexibility index (Phi) is 4.60. The van der Waals surface area contributed by atoms with Crippen LogP contribution in [0.5, 0.6) is 0 Å². The van der Waals surface area contributed by atoms with Crippen LogP contribution in [-0.2, 0) is 14.8 Å². The molecule has 2 bridgehead atoms. The summed E-state index contributed by atoms with van der Waals surface area (Å²) in [4.78, 5) is 12.7. The maximum absolute atomic E-state index is 12.7. The Balaban J connectivity index is 1.77. The molecule has 2 saturated carbocycles. The van der Waals surface area contributed by atoms with Crippen LogP contribution in [0.2, 0.25) is 0 Å². The van der Waals surface area contributed by atoms with E-state index in [9.17, 15) is 13.2 Å². The number of nitrogens with zero attached hydrogens (tertiary/aromatic N) is 1. The number of anilines is 1. The zero-order chi connectivity index (χ0) is 17.5. The van der Waals surface area contributed by atoms with Gasteiger partial charge in [-0.25, -0.2) is 8.42 Å². The Morgan fingerprint density at radius 2 is 1.88 bits per heavy atom. The van der Waals surface area contributed by atoms with E-state index >= 15 is 0 Å². The Labute approximate surface area is 144 Å². The molecule has 0 spiro atoms. The first-order valence-electron chi connectivity index (χ1n) is 8.62. The van der Waals surface area contributed by atoms with Gasteiger partial charge in [-0.05, 0) is 57.1 Å². The second-order valence-corrected chi connectivity index (χ2v) is 9.22. The van der Waals surface area contributed by atoms with Gasteiger partial charge in [0.15, 0.2) is 0 Å². The van der Waals surface area contributed by atoms with Crippen LogP contribution in [0.4, 0.5) is 5.69 Å². The monoisotopic (exact) mass is 350 g/mol. The molecule has 0 unspecified atom stereocenters. The Morgan fingerprint density at radius 1 is 1.21 bits per heavy atom. The normalized spacial score (nSPS) is 27.0. The Bertz CT molecular complexity index is 714. The topological polar surface area (TPSA) is 66.5 Å². The van der Waals surface area contributed by atoms with Crippen molar-refractivity contribution in [2.24, 2.45) is 11.8 Å². The third-order valence-corrected chi connectivity index (χ3v) is 6.68. The van der Waals surface area contributed by atoms with Crippen LogP contribution in [0.25, 0.3) is 0 Å². The standard InChI is InChI=1S/C18H26N2O3S/c1-12-4-8-16(9-5-12)20(24(3,22)23)13(2)18(21)19-17-11-14-6-7-15(17)10-14/h4-5,8-9,13-15,17H,6-7,10-11H2,1-3H3,(H,19,21)/t13-,14+,15-,17-/m0/s1. The van der Waals surface area contributed by atoms with E-state index in [1.54, 1.807) is 19.1 Å². The van der Waals surface area contributed by atoms with Crippen LogP contribution in [0, 0.1) is 18.8 Å². The minimum absolute atomic E-state index is 0.207. The van der Waals surface area contributed by atoms with Crippen LogP contribution in [0.3, 0.4) is 0 Å². The molecule has 0 aromatic heterocycles. The first-order chi connectivity index (χ1) is 11.3. The van der Waals surface area contributed by atoms with Crippen LogP contribution < -0.4 is 9.62 Å². The number of nitrogens with one attached hydrogen (secondary N) is 1. The quantitative estimate of drug-likeness (QED) is 0.887. The van der Waals surface area contributed by atoms with Crippen molar-refractivity contribution in [1.82, 2.24) is 5.32 Å². The van der Waals surface area contributed by atoms with Gasteiger partial charge in [-0.2, -0.15) is 0 Å². The number of sulfonamides is 1. The van der Waals surface area contributed by atoms with Gasteiger partial charge in [0.25, 0.3) is 0 Å². The molecular weight excluding hydrogens is 324 g/mol. The molecule has 2 aliphatic rings. The molecule has 2 fully saturated rings. The fraction of sp³-hybridized carbons (Fsp3) is 0.611. The van der Waals surface area contributed by atoms with Crippen LogP contribution in [-0.4, -0.2) is 32.7 Å². The van der Waals surface area contributed by atoms with Gasteiger partial charge in [0.2, 0.25) is 15.9 Å². The van der Waals surface area contributed by atoms with Crippen molar-refractivity contribution < 1.29 is 13.2 Å². The van der Waals surface area contributed by atoms with Crippen molar-refractivity contribution in [3.8, 4) is 0 Å². The zero-order valence-electron chi connectivity index (χ0n) is 14.5. The predicted molar refractivity (Wildman–Crippen MR) is 95.3 cm³/mol. The van der Waals surface area contributed by atoms with Gasteiger partial charge in [0.1, 0.15) is 6.04 Å². The number of aryl methyl sites for hydroxylation is 1. The summed E-state index contributed by atoms with van der Waals surface area (Å²) in [6, 6.07) is 6.65. The van der Waals surface area contributed by atoms with E-state index < -0.39 is 16.1 Å². The van der Waals surface area contributed by atoms with E-state index in [4.69, 9.17) is 0 Å². The predicted octanol–water partition coefficient (Wildman–Crippen LogP) is 2.45. The van der Waals surface area contributed by atoms with Gasteiger partial charge in [0.05, 0.1) is 11.9 Å². The summed E-state index contributed by atoms with van der Waals surface area (Å²) in [7, 11) is -3.55. The molecule has 132 valence electrons. The van der Waals surface area contributed by atoms with Gasteiger partial charge in [-0.15, -0.1) is 0 Å². The molecule has 1 amide bonds. The van der Waals surface area contributed by atoms with E-state index in [1.165, 1.54) is 23.6 Å². The molecule has 2 aliphatic carbocycles. The van der Waals surface area contributed by atoms with E-state index in [0.29, 0.717) is 11.6 Å². The number of hydrogen-bond donors (Lipinski definition) is 1. The molecule has 5 nitrogen and oxygen atoms in total. The Hall–Kier alpha value is -1.56. The average Bonchev–Trinajstić information content (AvgIpc) is 3.10. The van der Waals surface area contributed by atoms with E-state index in [-0.39, 0.29) is 11.9 Å². The molecule has 3 rings (SSSR count). The minimum Gasteiger partial charge on any atom is -0.351 e. The number of benzene rings is 1. The lowest BCUT2D eigenvalue weighted by molar-refractivity contribution is -0.122. The van der Waals surface area contributed by atoms with Crippen LogP contribution in [0.15, 0.2) is 24.3 Å². The lowest BCUT2D eigenvalue weighted by Gasteiger charge is -2.31. The maximum atomic E-state index is 12.7. The summed E-state index contributed by atoms with van der Waals surface area (Å²) >= 11 is 0. The van der Waals surface area contributed by atoms with Crippen LogP contribution >= 0.6 is 0 Å². The lowest BCUT2D eigenvalue weighted by atomic mass is 9.95. The van der Waals surface area contributed by atoms with E-state index in [2.05, 4.69) is 5.32 Å². The molecule has 0 radical (unpaired) electrons. The lowest BCUT2D eigenvalue weighted by Crippen LogP contribution is -2.51. The summed E-state index contributed by atoms with van der Waals surface area (Å²) in [6.07, 6.45) is 5.83. The van der Waals surface area contributed by atoms with Gasteiger partial charge in [-0.1, -0.05) is 24.1 Å². The molecule has 1 aromatic rings. The molecule has 0 saturated heterocycles. The molecule has 0 aliphatic heterocycles. The largest absolute Gasteiger partial charge is 0.351 e. The van der Waals surface area contributed by atoms with Crippen molar-refractivity contribution in [2.45, 2.75) is 51.6 Å². The number of fused-ring (bicyclic) bond motifs is 2. The summed E-state index contributed by atoms with van der Waals surface area (Å²) in [5.41, 5.74) is 1.57. The average molecular weight is 350 g/mol. The van der Waals surface area contributed by atoms with Crippen molar-refractivity contribution in [3.05, 3.63) is 29.8 Å². The van der Waals surface area contributed by atoms with Gasteiger partial charge < -0.3 is 5.32 Å². The Morgan fingerprint density at radius 3 is 2.38 bits per heavy atom. The number of carbonyl (C=O) groups excluding carboxylic acids is 1. The smallest absolute Gasteiger partial charge is 0.243 e. The fourth-order valence-corrected chi connectivity index (χ4v) is 5.40. The number of amides is 1. The molecule has 6 heteroatoms. The van der Waals surface area contributed by atoms with Gasteiger partial charge in [0, 0.05) is 6.04 Å². The SMILES string of the molecule is Cc1ccc(N([C@@H](C)C(=O)N[C@H]2C[C@@H]3CC[C@H]2C3)S(C)(=O)=O)cc1. The number of carbonyl (C=O) groups is 1. The molecule has 0 heterocycles. The highest BCUT2D eigenvalue weighted by Gasteiger charge is 2.41. The third-order valence-electron chi connectivity index (χ3n) is 5.44. The molecule has 1 aromatic carbocycles. The summed E-state index contributed by atoms with van der Waals surface area (Å²) in [5, 5.41) is 3.10. The maximum Gasteiger partial charge on any atom is 0.243 e. The summed E-state index contributed by atoms with van der Waals surface area (Å²) in [6.45, 7) is 3.60. The number of rotatable bonds is 5. The second-order valence-electron chi connectivity index (χ2n) is 7.36. The van der Waals surface area contributed by atoms with Gasteiger partial charge in [-0.3, -0.25) is 9.10 Å². The van der Waals surface area contributed by atoms with Crippen molar-refractivity contribution in [2.75, 3.05) is 10.6 Å². The van der Waals surface area contributed by atoms with Crippen LogP contribution in [0.1, 0.15) is 38.2 Å². The zero-order valence-corrected chi connectivity index (χ0v) is 15.3. The highest BCUT2D eigenvalue weighted by molar-refractivity contribution is 7.92. The highest BCUT2D eigenvalue weighted by atomic mass is 32.2. The first kappa shape index (κ1) is 17.3. The molecule has 1 N–H and O–H groups in total. The molecular formula is C18H26N2O3S. The van der Waals surface area contributed by atoms with Gasteiger partial charge >= 0.3 is 0 Å². The van der Waals surface area contributed by atoms with E-state index in [1.807, 2.05) is 19.1 Å². The first-order valence-corrected chi connectivity index (χ1v) is 10.5. The second kappa shape index (κ2) is 6.39. The van der Waals surface area contributed by atoms with Crippen molar-refractivity contribution >= 4 is 21.6 Å². The van der Waals surface area contributed by atoms with Crippen molar-refractivity contribution in [3.63, 3.8) is 0 Å². The minimum atomic E-state index is -3.55. The number of hydrogen-bond acceptors (Lipinski definition) is 3. The highest BCUT2D eigenvalue weighted by Crippen LogP contribution is 2.44. The molecule has 4 atom stereocenters. The molecule has 24 heavy (non-hydrogen) atoms. The van der Waals surface area contributed by atoms with Crippen molar-refractivity contribution in [1.29, 1.82) is 0 Å². The third kappa shape index (κ3) is 3.43. The fourth-order valence-electron chi connectivity index (χ4n) is 4.23. The van der Waals surface area contributed by atoms with E-state index in [0.717, 1.165) is 24.2 Å². The summed E-state index contributed by atoms with van der Waals surface area (Å²) in [5.74, 6) is 1.09. The summed E-state index contributed by atoms with van der Waals surface area (Å²) < 4.78 is 25.8.